The van der Waals surface area contributed by atoms with Gasteiger partial charge >= 0.3 is 0 Å². The van der Waals surface area contributed by atoms with Crippen LogP contribution >= 0.6 is 0 Å². The van der Waals surface area contributed by atoms with Gasteiger partial charge in [0.1, 0.15) is 0 Å². The summed E-state index contributed by atoms with van der Waals surface area (Å²) in [5.74, 6) is 0. The van der Waals surface area contributed by atoms with E-state index in [0.717, 1.165) is 26.2 Å². The molecule has 1 saturated heterocycles. The molecule has 2 heterocycles. The second-order valence-corrected chi connectivity index (χ2v) is 5.07. The van der Waals surface area contributed by atoms with Crippen molar-refractivity contribution in [3.63, 3.8) is 0 Å². The summed E-state index contributed by atoms with van der Waals surface area (Å²) in [6, 6.07) is 6.93. The van der Waals surface area contributed by atoms with E-state index in [9.17, 15) is 0 Å². The zero-order valence-electron chi connectivity index (χ0n) is 11.1. The molecule has 0 aliphatic carbocycles. The number of rotatable bonds is 1. The summed E-state index contributed by atoms with van der Waals surface area (Å²) in [5, 5.41) is 4.99. The molecule has 1 aliphatic heterocycles. The van der Waals surface area contributed by atoms with Gasteiger partial charge in [0.05, 0.1) is 6.61 Å². The summed E-state index contributed by atoms with van der Waals surface area (Å²) in [4.78, 5) is 0. The van der Waals surface area contributed by atoms with Gasteiger partial charge in [-0.3, -0.25) is 0 Å². The van der Waals surface area contributed by atoms with E-state index in [-0.39, 0.29) is 0 Å². The second-order valence-electron chi connectivity index (χ2n) is 5.07. The van der Waals surface area contributed by atoms with Gasteiger partial charge in [0.25, 0.3) is 0 Å². The number of ether oxygens (including phenoxy) is 1. The van der Waals surface area contributed by atoms with Gasteiger partial charge in [0.15, 0.2) is 0 Å². The lowest BCUT2D eigenvalue weighted by atomic mass is 10.00. The van der Waals surface area contributed by atoms with E-state index in [0.29, 0.717) is 6.04 Å². The first-order chi connectivity index (χ1) is 8.77. The fourth-order valence-corrected chi connectivity index (χ4v) is 2.90. The van der Waals surface area contributed by atoms with Crippen molar-refractivity contribution < 1.29 is 4.74 Å². The number of aromatic nitrogens is 1. The van der Waals surface area contributed by atoms with Crippen LogP contribution < -0.4 is 5.32 Å². The normalized spacial score (nSPS) is 21.1. The molecule has 2 aromatic rings. The molecule has 1 aromatic carbocycles. The van der Waals surface area contributed by atoms with Crippen LogP contribution in [0.2, 0.25) is 0 Å². The number of hydrogen-bond acceptors (Lipinski definition) is 2. The molecule has 0 saturated carbocycles. The van der Waals surface area contributed by atoms with Crippen LogP contribution in [0.4, 0.5) is 0 Å². The minimum atomic E-state index is 0.414. The number of benzene rings is 1. The lowest BCUT2D eigenvalue weighted by Gasteiger charge is -2.15. The Kier molecular flexibility index (Phi) is 3.10. The van der Waals surface area contributed by atoms with E-state index < -0.39 is 0 Å². The van der Waals surface area contributed by atoms with Gasteiger partial charge in [0.2, 0.25) is 0 Å². The quantitative estimate of drug-likeness (QED) is 0.834. The molecule has 96 valence electrons. The van der Waals surface area contributed by atoms with Crippen LogP contribution in [0, 0.1) is 6.92 Å². The Morgan fingerprint density at radius 1 is 1.33 bits per heavy atom. The lowest BCUT2D eigenvalue weighted by Crippen LogP contribution is -2.22. The minimum Gasteiger partial charge on any atom is -0.380 e. The Morgan fingerprint density at radius 2 is 2.22 bits per heavy atom. The van der Waals surface area contributed by atoms with Gasteiger partial charge in [-0.15, -0.1) is 0 Å². The average molecular weight is 244 g/mol. The first-order valence-electron chi connectivity index (χ1n) is 6.63. The number of nitrogens with one attached hydrogen (secondary N) is 1. The maximum Gasteiger partial charge on any atom is 0.0591 e. The Bertz CT molecular complexity index is 551. The van der Waals surface area contributed by atoms with Gasteiger partial charge in [-0.2, -0.15) is 0 Å². The van der Waals surface area contributed by atoms with Crippen molar-refractivity contribution >= 4 is 10.9 Å². The van der Waals surface area contributed by atoms with Gasteiger partial charge in [-0.1, -0.05) is 12.1 Å². The molecule has 3 heteroatoms. The summed E-state index contributed by atoms with van der Waals surface area (Å²) in [5.41, 5.74) is 4.09. The van der Waals surface area contributed by atoms with Crippen molar-refractivity contribution in [3.05, 3.63) is 35.5 Å². The molecule has 3 nitrogen and oxygen atoms in total. The zero-order chi connectivity index (χ0) is 12.5. The molecule has 0 bridgehead atoms. The average Bonchev–Trinajstić information content (AvgIpc) is 2.56. The molecular weight excluding hydrogens is 224 g/mol. The third-order valence-corrected chi connectivity index (χ3v) is 3.82. The summed E-state index contributed by atoms with van der Waals surface area (Å²) < 4.78 is 7.75. The van der Waals surface area contributed by atoms with Gasteiger partial charge in [-0.05, 0) is 30.5 Å². The largest absolute Gasteiger partial charge is 0.380 e. The van der Waals surface area contributed by atoms with Crippen LogP contribution in [0.15, 0.2) is 24.4 Å². The smallest absolute Gasteiger partial charge is 0.0591 e. The predicted octanol–water partition coefficient (Wildman–Crippen LogP) is 2.54. The molecule has 0 amide bonds. The van der Waals surface area contributed by atoms with Crippen LogP contribution in [0.25, 0.3) is 10.9 Å². The standard InChI is InChI=1S/C15H20N2O/c1-11-4-3-5-14-15(11)12(10-17(14)2)13-6-8-18-9-7-16-13/h3-5,10,13,16H,6-9H2,1-2H3. The highest BCUT2D eigenvalue weighted by atomic mass is 16.5. The van der Waals surface area contributed by atoms with Gasteiger partial charge in [0, 0.05) is 43.3 Å². The Morgan fingerprint density at radius 3 is 3.11 bits per heavy atom. The van der Waals surface area contributed by atoms with Crippen LogP contribution in [0.1, 0.15) is 23.6 Å². The van der Waals surface area contributed by atoms with Crippen molar-refractivity contribution in [3.8, 4) is 0 Å². The van der Waals surface area contributed by atoms with Crippen molar-refractivity contribution in [1.29, 1.82) is 0 Å². The van der Waals surface area contributed by atoms with Crippen molar-refractivity contribution in [2.75, 3.05) is 19.8 Å². The van der Waals surface area contributed by atoms with E-state index in [2.05, 4.69) is 48.3 Å². The molecule has 1 aromatic heterocycles. The zero-order valence-corrected chi connectivity index (χ0v) is 11.1. The Hall–Kier alpha value is -1.32. The third-order valence-electron chi connectivity index (χ3n) is 3.82. The summed E-state index contributed by atoms with van der Waals surface area (Å²) in [6.07, 6.45) is 3.31. The second kappa shape index (κ2) is 4.75. The molecule has 1 atom stereocenters. The summed E-state index contributed by atoms with van der Waals surface area (Å²) in [7, 11) is 2.12. The number of fused-ring (bicyclic) bond motifs is 1. The third kappa shape index (κ3) is 1.93. The van der Waals surface area contributed by atoms with E-state index in [1.54, 1.807) is 0 Å². The Labute approximate surface area is 108 Å². The maximum atomic E-state index is 5.53. The number of aryl methyl sites for hydroxylation is 2. The molecular formula is C15H20N2O. The monoisotopic (exact) mass is 244 g/mol. The molecule has 1 fully saturated rings. The molecule has 0 spiro atoms. The molecule has 0 radical (unpaired) electrons. The summed E-state index contributed by atoms with van der Waals surface area (Å²) >= 11 is 0. The highest BCUT2D eigenvalue weighted by Gasteiger charge is 2.19. The van der Waals surface area contributed by atoms with E-state index in [4.69, 9.17) is 4.74 Å². The predicted molar refractivity (Wildman–Crippen MR) is 73.8 cm³/mol. The van der Waals surface area contributed by atoms with Crippen molar-refractivity contribution in [2.45, 2.75) is 19.4 Å². The fraction of sp³-hybridized carbons (Fsp3) is 0.467. The molecule has 3 rings (SSSR count). The number of hydrogen-bond donors (Lipinski definition) is 1. The lowest BCUT2D eigenvalue weighted by molar-refractivity contribution is 0.150. The van der Waals surface area contributed by atoms with Crippen LogP contribution in [-0.4, -0.2) is 24.3 Å². The van der Waals surface area contributed by atoms with E-state index in [1.807, 2.05) is 0 Å². The summed E-state index contributed by atoms with van der Waals surface area (Å²) in [6.45, 7) is 4.80. The van der Waals surface area contributed by atoms with E-state index in [1.165, 1.54) is 22.0 Å². The van der Waals surface area contributed by atoms with Crippen LogP contribution in [0.3, 0.4) is 0 Å². The highest BCUT2D eigenvalue weighted by molar-refractivity contribution is 5.87. The van der Waals surface area contributed by atoms with Crippen LogP contribution in [-0.2, 0) is 11.8 Å². The Balaban J connectivity index is 2.10. The maximum absolute atomic E-state index is 5.53. The minimum absolute atomic E-state index is 0.414. The van der Waals surface area contributed by atoms with Crippen molar-refractivity contribution in [2.24, 2.45) is 7.05 Å². The van der Waals surface area contributed by atoms with Gasteiger partial charge < -0.3 is 14.6 Å². The molecule has 1 unspecified atom stereocenters. The SMILES string of the molecule is Cc1cccc2c1c(C1CCOCCN1)cn2C. The highest BCUT2D eigenvalue weighted by Crippen LogP contribution is 2.30. The molecule has 1 N–H and O–H groups in total. The molecule has 18 heavy (non-hydrogen) atoms. The van der Waals surface area contributed by atoms with Gasteiger partial charge in [-0.25, -0.2) is 0 Å². The first-order valence-corrected chi connectivity index (χ1v) is 6.63. The fourth-order valence-electron chi connectivity index (χ4n) is 2.90. The first kappa shape index (κ1) is 11.8. The molecule has 1 aliphatic rings. The van der Waals surface area contributed by atoms with Crippen molar-refractivity contribution in [1.82, 2.24) is 9.88 Å². The topological polar surface area (TPSA) is 26.2 Å². The number of nitrogens with zero attached hydrogens (tertiary/aromatic N) is 1. The van der Waals surface area contributed by atoms with E-state index >= 15 is 0 Å². The van der Waals surface area contributed by atoms with Crippen LogP contribution in [0.5, 0.6) is 0 Å².